The fraction of sp³-hybridized carbons (Fsp3) is 0.600. The molecule has 0 aromatic heterocycles. The minimum atomic E-state index is 0.615. The second-order valence-electron chi connectivity index (χ2n) is 4.02. The van der Waals surface area contributed by atoms with E-state index in [9.17, 15) is 0 Å². The van der Waals surface area contributed by atoms with Crippen molar-refractivity contribution in [2.45, 2.75) is 20.8 Å². The maximum absolute atomic E-state index is 8.35. The molecule has 0 saturated heterocycles. The van der Waals surface area contributed by atoms with Gasteiger partial charge in [-0.1, -0.05) is 25.0 Å². The predicted molar refractivity (Wildman–Crippen MR) is 57.4 cm³/mol. The van der Waals surface area contributed by atoms with Crippen LogP contribution in [-0.2, 0) is 0 Å². The number of nitrogens with zero attached hydrogens (tertiary/aromatic N) is 4. The number of azide groups is 1. The summed E-state index contributed by atoms with van der Waals surface area (Å²) in [5.74, 6) is 0.615. The molecule has 0 amide bonds. The zero-order chi connectivity index (χ0) is 10.6. The summed E-state index contributed by atoms with van der Waals surface area (Å²) >= 11 is 0. The SMILES string of the molecule is CC1=CN(CC(C)C)CC(N=[N+]=[N-])=C1. The summed E-state index contributed by atoms with van der Waals surface area (Å²) in [6.45, 7) is 8.08. The van der Waals surface area contributed by atoms with Gasteiger partial charge in [0.15, 0.2) is 0 Å². The van der Waals surface area contributed by atoms with Crippen LogP contribution in [0.5, 0.6) is 0 Å². The number of rotatable bonds is 3. The zero-order valence-electron chi connectivity index (χ0n) is 8.94. The van der Waals surface area contributed by atoms with Crippen molar-refractivity contribution in [3.63, 3.8) is 0 Å². The molecule has 0 unspecified atom stereocenters. The lowest BCUT2D eigenvalue weighted by molar-refractivity contribution is 0.346. The van der Waals surface area contributed by atoms with Gasteiger partial charge >= 0.3 is 0 Å². The maximum atomic E-state index is 8.35. The standard InChI is InChI=1S/C10H16N4/c1-8(2)5-14-6-9(3)4-10(7-14)12-13-11/h4,6,8H,5,7H2,1-3H3. The van der Waals surface area contributed by atoms with Gasteiger partial charge in [0, 0.05) is 29.9 Å². The van der Waals surface area contributed by atoms with Crippen LogP contribution >= 0.6 is 0 Å². The molecular weight excluding hydrogens is 176 g/mol. The van der Waals surface area contributed by atoms with Crippen LogP contribution in [0.1, 0.15) is 20.8 Å². The van der Waals surface area contributed by atoms with E-state index in [2.05, 4.69) is 35.0 Å². The van der Waals surface area contributed by atoms with E-state index in [-0.39, 0.29) is 0 Å². The van der Waals surface area contributed by atoms with E-state index in [4.69, 9.17) is 5.53 Å². The van der Waals surface area contributed by atoms with E-state index in [0.29, 0.717) is 5.92 Å². The van der Waals surface area contributed by atoms with Gasteiger partial charge in [0.2, 0.25) is 0 Å². The Kier molecular flexibility index (Phi) is 3.60. The Morgan fingerprint density at radius 3 is 2.93 bits per heavy atom. The molecule has 0 spiro atoms. The predicted octanol–water partition coefficient (Wildman–Crippen LogP) is 3.06. The molecular formula is C10H16N4. The number of allylic oxidation sites excluding steroid dienone is 2. The largest absolute Gasteiger partial charge is 0.373 e. The topological polar surface area (TPSA) is 52.0 Å². The van der Waals surface area contributed by atoms with Crippen molar-refractivity contribution in [2.75, 3.05) is 13.1 Å². The van der Waals surface area contributed by atoms with Gasteiger partial charge in [0.25, 0.3) is 0 Å². The molecule has 4 nitrogen and oxygen atoms in total. The lowest BCUT2D eigenvalue weighted by Gasteiger charge is -2.26. The minimum Gasteiger partial charge on any atom is -0.373 e. The third-order valence-electron chi connectivity index (χ3n) is 1.92. The Morgan fingerprint density at radius 2 is 2.36 bits per heavy atom. The highest BCUT2D eigenvalue weighted by molar-refractivity contribution is 5.26. The molecule has 0 fully saturated rings. The molecule has 1 aliphatic rings. The molecule has 0 atom stereocenters. The molecule has 0 N–H and O–H groups in total. The van der Waals surface area contributed by atoms with Crippen molar-refractivity contribution in [1.29, 1.82) is 0 Å². The Morgan fingerprint density at radius 1 is 1.64 bits per heavy atom. The van der Waals surface area contributed by atoms with Crippen molar-refractivity contribution >= 4 is 0 Å². The molecule has 0 aromatic carbocycles. The van der Waals surface area contributed by atoms with Gasteiger partial charge in [-0.25, -0.2) is 0 Å². The fourth-order valence-corrected chi connectivity index (χ4v) is 1.59. The molecule has 4 heteroatoms. The fourth-order valence-electron chi connectivity index (χ4n) is 1.59. The van der Waals surface area contributed by atoms with E-state index in [0.717, 1.165) is 24.4 Å². The molecule has 14 heavy (non-hydrogen) atoms. The van der Waals surface area contributed by atoms with Crippen LogP contribution < -0.4 is 0 Å². The van der Waals surface area contributed by atoms with Crippen molar-refractivity contribution in [1.82, 2.24) is 4.90 Å². The molecule has 1 heterocycles. The molecule has 1 rings (SSSR count). The first-order chi connectivity index (χ1) is 6.61. The first kappa shape index (κ1) is 10.7. The van der Waals surface area contributed by atoms with E-state index in [1.165, 1.54) is 0 Å². The van der Waals surface area contributed by atoms with Gasteiger partial charge in [-0.05, 0) is 23.9 Å². The third-order valence-corrected chi connectivity index (χ3v) is 1.92. The van der Waals surface area contributed by atoms with Gasteiger partial charge in [-0.15, -0.1) is 0 Å². The summed E-state index contributed by atoms with van der Waals surface area (Å²) in [7, 11) is 0. The highest BCUT2D eigenvalue weighted by Crippen LogP contribution is 2.15. The number of hydrogen-bond acceptors (Lipinski definition) is 2. The second-order valence-corrected chi connectivity index (χ2v) is 4.02. The minimum absolute atomic E-state index is 0.615. The monoisotopic (exact) mass is 192 g/mol. The van der Waals surface area contributed by atoms with Crippen LogP contribution in [0, 0.1) is 5.92 Å². The summed E-state index contributed by atoms with van der Waals surface area (Å²) in [6.07, 6.45) is 4.03. The first-order valence-electron chi connectivity index (χ1n) is 4.80. The average Bonchev–Trinajstić information content (AvgIpc) is 2.01. The molecule has 76 valence electrons. The summed E-state index contributed by atoms with van der Waals surface area (Å²) in [5, 5.41) is 3.65. The highest BCUT2D eigenvalue weighted by atomic mass is 15.2. The summed E-state index contributed by atoms with van der Waals surface area (Å²) in [4.78, 5) is 4.99. The van der Waals surface area contributed by atoms with E-state index >= 15 is 0 Å². The van der Waals surface area contributed by atoms with Crippen molar-refractivity contribution < 1.29 is 0 Å². The van der Waals surface area contributed by atoms with Gasteiger partial charge < -0.3 is 4.90 Å². The lowest BCUT2D eigenvalue weighted by Crippen LogP contribution is -2.26. The molecule has 0 aliphatic carbocycles. The van der Waals surface area contributed by atoms with Gasteiger partial charge in [0.05, 0.1) is 0 Å². The number of hydrogen-bond donors (Lipinski definition) is 0. The van der Waals surface area contributed by atoms with Crippen LogP contribution in [0.4, 0.5) is 0 Å². The van der Waals surface area contributed by atoms with Crippen LogP contribution in [0.3, 0.4) is 0 Å². The van der Waals surface area contributed by atoms with Crippen LogP contribution in [0.2, 0.25) is 0 Å². The molecule has 1 aliphatic heterocycles. The highest BCUT2D eigenvalue weighted by Gasteiger charge is 2.09. The van der Waals surface area contributed by atoms with Crippen molar-refractivity contribution in [2.24, 2.45) is 11.0 Å². The average molecular weight is 192 g/mol. The summed E-state index contributed by atoms with van der Waals surface area (Å²) < 4.78 is 0. The smallest absolute Gasteiger partial charge is 0.0449 e. The van der Waals surface area contributed by atoms with Crippen molar-refractivity contribution in [3.05, 3.63) is 34.0 Å². The Labute approximate surface area is 84.5 Å². The molecule has 0 aromatic rings. The van der Waals surface area contributed by atoms with Gasteiger partial charge in [-0.3, -0.25) is 0 Å². The molecule has 0 radical (unpaired) electrons. The Bertz CT molecular complexity index is 308. The molecule has 0 saturated carbocycles. The van der Waals surface area contributed by atoms with E-state index < -0.39 is 0 Å². The first-order valence-corrected chi connectivity index (χ1v) is 4.80. The summed E-state index contributed by atoms with van der Waals surface area (Å²) in [6, 6.07) is 0. The van der Waals surface area contributed by atoms with Crippen molar-refractivity contribution in [3.8, 4) is 0 Å². The zero-order valence-corrected chi connectivity index (χ0v) is 8.94. The van der Waals surface area contributed by atoms with E-state index in [1.807, 2.05) is 13.0 Å². The van der Waals surface area contributed by atoms with Gasteiger partial charge in [-0.2, -0.15) is 0 Å². The maximum Gasteiger partial charge on any atom is 0.0449 e. The Hall–Kier alpha value is -1.41. The lowest BCUT2D eigenvalue weighted by atomic mass is 10.1. The summed E-state index contributed by atoms with van der Waals surface area (Å²) in [5.41, 5.74) is 10.3. The molecule has 0 bridgehead atoms. The Balaban J connectivity index is 2.70. The second kappa shape index (κ2) is 4.72. The van der Waals surface area contributed by atoms with Crippen LogP contribution in [0.15, 0.2) is 28.7 Å². The third kappa shape index (κ3) is 3.15. The van der Waals surface area contributed by atoms with Crippen LogP contribution in [-0.4, -0.2) is 18.0 Å². The quantitative estimate of drug-likeness (QED) is 0.385. The van der Waals surface area contributed by atoms with Gasteiger partial charge in [0.1, 0.15) is 0 Å². The van der Waals surface area contributed by atoms with Crippen LogP contribution in [0.25, 0.3) is 10.4 Å². The van der Waals surface area contributed by atoms with E-state index in [1.54, 1.807) is 0 Å². The normalized spacial score (nSPS) is 16.1.